The molecule has 0 atom stereocenters. The van der Waals surface area contributed by atoms with Gasteiger partial charge in [-0.1, -0.05) is 37.8 Å². The van der Waals surface area contributed by atoms with Crippen LogP contribution in [0.15, 0.2) is 22.7 Å². The lowest BCUT2D eigenvalue weighted by Gasteiger charge is -2.17. The van der Waals surface area contributed by atoms with Gasteiger partial charge in [0, 0.05) is 10.5 Å². The Morgan fingerprint density at radius 2 is 1.89 bits per heavy atom. The standard InChI is InChI=1S/C15H20BrNO/c1-11-7-6-10-13(14(11)16)15(18)17-12-8-4-2-3-5-9-12/h6-7,10,12H,2-5,8-9H2,1H3,(H,17,18). The quantitative estimate of drug-likeness (QED) is 0.815. The molecule has 0 unspecified atom stereocenters. The third kappa shape index (κ3) is 3.35. The molecule has 1 amide bonds. The molecule has 1 N–H and O–H groups in total. The van der Waals surface area contributed by atoms with E-state index >= 15 is 0 Å². The van der Waals surface area contributed by atoms with Crippen LogP contribution in [0.1, 0.15) is 54.4 Å². The van der Waals surface area contributed by atoms with Crippen molar-refractivity contribution < 1.29 is 4.79 Å². The monoisotopic (exact) mass is 309 g/mol. The van der Waals surface area contributed by atoms with Crippen molar-refractivity contribution in [2.45, 2.75) is 51.5 Å². The van der Waals surface area contributed by atoms with E-state index in [0.29, 0.717) is 6.04 Å². The summed E-state index contributed by atoms with van der Waals surface area (Å²) in [6, 6.07) is 6.17. The molecule has 0 spiro atoms. The molecule has 0 bridgehead atoms. The molecular weight excluding hydrogens is 290 g/mol. The maximum absolute atomic E-state index is 12.3. The van der Waals surface area contributed by atoms with E-state index < -0.39 is 0 Å². The van der Waals surface area contributed by atoms with E-state index in [4.69, 9.17) is 0 Å². The second kappa shape index (κ2) is 6.37. The van der Waals surface area contributed by atoms with Crippen molar-refractivity contribution >= 4 is 21.8 Å². The fourth-order valence-corrected chi connectivity index (χ4v) is 2.95. The van der Waals surface area contributed by atoms with Gasteiger partial charge in [-0.2, -0.15) is 0 Å². The maximum Gasteiger partial charge on any atom is 0.252 e. The Morgan fingerprint density at radius 3 is 2.56 bits per heavy atom. The van der Waals surface area contributed by atoms with E-state index in [1.165, 1.54) is 25.7 Å². The summed E-state index contributed by atoms with van der Waals surface area (Å²) in [4.78, 5) is 12.3. The van der Waals surface area contributed by atoms with Crippen LogP contribution in [0.5, 0.6) is 0 Å². The molecular formula is C15H20BrNO. The van der Waals surface area contributed by atoms with Gasteiger partial charge in [-0.3, -0.25) is 4.79 Å². The molecule has 1 aliphatic carbocycles. The van der Waals surface area contributed by atoms with Crippen molar-refractivity contribution in [2.24, 2.45) is 0 Å². The van der Waals surface area contributed by atoms with Crippen LogP contribution >= 0.6 is 15.9 Å². The van der Waals surface area contributed by atoms with Gasteiger partial charge in [-0.25, -0.2) is 0 Å². The second-order valence-electron chi connectivity index (χ2n) is 5.10. The Morgan fingerprint density at radius 1 is 1.22 bits per heavy atom. The van der Waals surface area contributed by atoms with Crippen LogP contribution in [0.4, 0.5) is 0 Å². The summed E-state index contributed by atoms with van der Waals surface area (Å²) in [6.07, 6.45) is 7.32. The van der Waals surface area contributed by atoms with Gasteiger partial charge in [0.15, 0.2) is 0 Å². The summed E-state index contributed by atoms with van der Waals surface area (Å²) in [5, 5.41) is 3.17. The number of halogens is 1. The van der Waals surface area contributed by atoms with Gasteiger partial charge in [0.2, 0.25) is 0 Å². The first-order valence-electron chi connectivity index (χ1n) is 6.74. The zero-order valence-corrected chi connectivity index (χ0v) is 12.4. The summed E-state index contributed by atoms with van der Waals surface area (Å²) in [6.45, 7) is 2.01. The lowest BCUT2D eigenvalue weighted by atomic mass is 10.1. The van der Waals surface area contributed by atoms with Crippen molar-refractivity contribution in [1.82, 2.24) is 5.32 Å². The topological polar surface area (TPSA) is 29.1 Å². The van der Waals surface area contributed by atoms with Crippen molar-refractivity contribution in [3.63, 3.8) is 0 Å². The van der Waals surface area contributed by atoms with Crippen LogP contribution in [0.2, 0.25) is 0 Å². The largest absolute Gasteiger partial charge is 0.349 e. The SMILES string of the molecule is Cc1cccc(C(=O)NC2CCCCCC2)c1Br. The summed E-state index contributed by atoms with van der Waals surface area (Å²) in [7, 11) is 0. The molecule has 0 aliphatic heterocycles. The summed E-state index contributed by atoms with van der Waals surface area (Å²) in [5.41, 5.74) is 1.85. The number of hydrogen-bond acceptors (Lipinski definition) is 1. The van der Waals surface area contributed by atoms with E-state index in [1.807, 2.05) is 25.1 Å². The number of carbonyl (C=O) groups is 1. The highest BCUT2D eigenvalue weighted by molar-refractivity contribution is 9.10. The Balaban J connectivity index is 2.04. The molecule has 1 saturated carbocycles. The van der Waals surface area contributed by atoms with Crippen molar-refractivity contribution in [1.29, 1.82) is 0 Å². The van der Waals surface area contributed by atoms with Gasteiger partial charge in [-0.05, 0) is 47.3 Å². The van der Waals surface area contributed by atoms with Gasteiger partial charge in [0.05, 0.1) is 5.56 Å². The highest BCUT2D eigenvalue weighted by Crippen LogP contribution is 2.22. The van der Waals surface area contributed by atoms with E-state index in [0.717, 1.165) is 28.4 Å². The number of carbonyl (C=O) groups excluding carboxylic acids is 1. The van der Waals surface area contributed by atoms with E-state index in [1.54, 1.807) is 0 Å². The van der Waals surface area contributed by atoms with Crippen molar-refractivity contribution in [3.8, 4) is 0 Å². The number of benzene rings is 1. The molecule has 98 valence electrons. The molecule has 0 aromatic heterocycles. The molecule has 0 radical (unpaired) electrons. The smallest absolute Gasteiger partial charge is 0.252 e. The molecule has 1 fully saturated rings. The van der Waals surface area contributed by atoms with Crippen LogP contribution in [0.25, 0.3) is 0 Å². The second-order valence-corrected chi connectivity index (χ2v) is 5.89. The first-order chi connectivity index (χ1) is 8.68. The van der Waals surface area contributed by atoms with Crippen LogP contribution in [-0.4, -0.2) is 11.9 Å². The fraction of sp³-hybridized carbons (Fsp3) is 0.533. The van der Waals surface area contributed by atoms with Crippen LogP contribution < -0.4 is 5.32 Å². The zero-order valence-electron chi connectivity index (χ0n) is 10.8. The van der Waals surface area contributed by atoms with Crippen LogP contribution in [-0.2, 0) is 0 Å². The first kappa shape index (κ1) is 13.6. The predicted molar refractivity (Wildman–Crippen MR) is 77.8 cm³/mol. The zero-order chi connectivity index (χ0) is 13.0. The summed E-state index contributed by atoms with van der Waals surface area (Å²) < 4.78 is 0.913. The van der Waals surface area contributed by atoms with Gasteiger partial charge >= 0.3 is 0 Å². The average Bonchev–Trinajstić information content (AvgIpc) is 2.61. The Hall–Kier alpha value is -0.830. The number of aryl methyl sites for hydroxylation is 1. The predicted octanol–water partition coefficient (Wildman–Crippen LogP) is 4.21. The first-order valence-corrected chi connectivity index (χ1v) is 7.54. The highest BCUT2D eigenvalue weighted by Gasteiger charge is 2.17. The Kier molecular flexibility index (Phi) is 4.81. The van der Waals surface area contributed by atoms with Gasteiger partial charge < -0.3 is 5.32 Å². The number of rotatable bonds is 2. The Labute approximate surface area is 117 Å². The summed E-state index contributed by atoms with van der Waals surface area (Å²) >= 11 is 3.50. The average molecular weight is 310 g/mol. The minimum absolute atomic E-state index is 0.0532. The lowest BCUT2D eigenvalue weighted by Crippen LogP contribution is -2.34. The van der Waals surface area contributed by atoms with Gasteiger partial charge in [0.25, 0.3) is 5.91 Å². The van der Waals surface area contributed by atoms with Gasteiger partial charge in [-0.15, -0.1) is 0 Å². The normalized spacial score (nSPS) is 17.2. The van der Waals surface area contributed by atoms with Crippen molar-refractivity contribution in [3.05, 3.63) is 33.8 Å². The number of amides is 1. The molecule has 2 rings (SSSR count). The van der Waals surface area contributed by atoms with E-state index in [9.17, 15) is 4.79 Å². The Bertz CT molecular complexity index is 423. The van der Waals surface area contributed by atoms with Gasteiger partial charge in [0.1, 0.15) is 0 Å². The number of hydrogen-bond donors (Lipinski definition) is 1. The molecule has 1 aliphatic rings. The third-order valence-electron chi connectivity index (χ3n) is 3.63. The molecule has 18 heavy (non-hydrogen) atoms. The minimum Gasteiger partial charge on any atom is -0.349 e. The van der Waals surface area contributed by atoms with Crippen LogP contribution in [0, 0.1) is 6.92 Å². The van der Waals surface area contributed by atoms with E-state index in [-0.39, 0.29) is 5.91 Å². The molecule has 3 heteroatoms. The fourth-order valence-electron chi connectivity index (χ4n) is 2.51. The molecule has 2 nitrogen and oxygen atoms in total. The molecule has 0 heterocycles. The number of nitrogens with one attached hydrogen (secondary N) is 1. The maximum atomic E-state index is 12.3. The molecule has 0 saturated heterocycles. The van der Waals surface area contributed by atoms with Crippen molar-refractivity contribution in [2.75, 3.05) is 0 Å². The molecule has 1 aromatic rings. The molecule has 1 aromatic carbocycles. The minimum atomic E-state index is 0.0532. The van der Waals surface area contributed by atoms with E-state index in [2.05, 4.69) is 21.2 Å². The highest BCUT2D eigenvalue weighted by atomic mass is 79.9. The third-order valence-corrected chi connectivity index (χ3v) is 4.68. The summed E-state index contributed by atoms with van der Waals surface area (Å²) in [5.74, 6) is 0.0532. The lowest BCUT2D eigenvalue weighted by molar-refractivity contribution is 0.0932. The van der Waals surface area contributed by atoms with Crippen LogP contribution in [0.3, 0.4) is 0 Å².